The third-order valence-corrected chi connectivity index (χ3v) is 2.05. The molecule has 0 fully saturated rings. The molecule has 2 rings (SSSR count). The lowest BCUT2D eigenvalue weighted by molar-refractivity contribution is 0.0942. The third kappa shape index (κ3) is 2.22. The topological polar surface area (TPSA) is 80.9 Å². The van der Waals surface area contributed by atoms with Crippen molar-refractivity contribution in [2.45, 2.75) is 13.5 Å². The van der Waals surface area contributed by atoms with Gasteiger partial charge in [0.1, 0.15) is 11.5 Å². The molecule has 0 saturated heterocycles. The van der Waals surface area contributed by atoms with E-state index in [0.717, 1.165) is 5.69 Å². The molecule has 2 aromatic rings. The van der Waals surface area contributed by atoms with E-state index in [-0.39, 0.29) is 11.6 Å². The van der Waals surface area contributed by atoms with Crippen LogP contribution >= 0.6 is 0 Å². The Bertz CT molecular complexity index is 481. The maximum atomic E-state index is 11.6. The van der Waals surface area contributed by atoms with Crippen molar-refractivity contribution in [3.63, 3.8) is 0 Å². The second kappa shape index (κ2) is 4.52. The van der Waals surface area contributed by atoms with Gasteiger partial charge >= 0.3 is 0 Å². The fourth-order valence-corrected chi connectivity index (χ4v) is 1.16. The second-order valence-corrected chi connectivity index (χ2v) is 3.13. The zero-order chi connectivity index (χ0) is 11.4. The minimum atomic E-state index is -0.288. The molecule has 0 atom stereocenters. The Labute approximate surface area is 91.7 Å². The Morgan fingerprint density at radius 2 is 2.31 bits per heavy atom. The number of carbonyl (C=O) groups is 1. The van der Waals surface area contributed by atoms with Crippen LogP contribution in [0.25, 0.3) is 0 Å². The molecule has 2 heterocycles. The predicted molar refractivity (Wildman–Crippen MR) is 54.4 cm³/mol. The van der Waals surface area contributed by atoms with Crippen LogP contribution in [0, 0.1) is 6.92 Å². The molecule has 2 aromatic heterocycles. The van der Waals surface area contributed by atoms with Crippen molar-refractivity contribution in [3.8, 4) is 0 Å². The maximum absolute atomic E-state index is 11.6. The summed E-state index contributed by atoms with van der Waals surface area (Å²) in [4.78, 5) is 23.2. The van der Waals surface area contributed by atoms with Crippen LogP contribution in [0.15, 0.2) is 29.4 Å². The predicted octanol–water partition coefficient (Wildman–Crippen LogP) is 0.703. The summed E-state index contributed by atoms with van der Waals surface area (Å²) in [7, 11) is 0. The number of rotatable bonds is 3. The van der Waals surface area contributed by atoms with Crippen LogP contribution in [-0.4, -0.2) is 20.9 Å². The first-order valence-electron chi connectivity index (χ1n) is 4.70. The van der Waals surface area contributed by atoms with Crippen molar-refractivity contribution >= 4 is 5.91 Å². The first kappa shape index (κ1) is 10.3. The largest absolute Gasteiger partial charge is 0.446 e. The summed E-state index contributed by atoms with van der Waals surface area (Å²) in [5.41, 5.74) is 1.04. The number of nitrogens with one attached hydrogen (secondary N) is 1. The third-order valence-electron chi connectivity index (χ3n) is 2.05. The lowest BCUT2D eigenvalue weighted by Crippen LogP contribution is -2.24. The van der Waals surface area contributed by atoms with Gasteiger partial charge in [-0.15, -0.1) is 0 Å². The van der Waals surface area contributed by atoms with Crippen LogP contribution in [0.5, 0.6) is 0 Å². The van der Waals surface area contributed by atoms with Crippen molar-refractivity contribution in [1.82, 2.24) is 20.3 Å². The molecule has 0 radical (unpaired) electrons. The van der Waals surface area contributed by atoms with Gasteiger partial charge in [0, 0.05) is 12.4 Å². The summed E-state index contributed by atoms with van der Waals surface area (Å²) in [5.74, 6) is 0.348. The Hall–Kier alpha value is -2.24. The van der Waals surface area contributed by atoms with Crippen molar-refractivity contribution in [1.29, 1.82) is 0 Å². The van der Waals surface area contributed by atoms with E-state index in [0.29, 0.717) is 12.3 Å². The summed E-state index contributed by atoms with van der Waals surface area (Å²) in [6.07, 6.45) is 5.73. The van der Waals surface area contributed by atoms with E-state index in [4.69, 9.17) is 4.42 Å². The minimum Gasteiger partial charge on any atom is -0.446 e. The molecule has 6 heteroatoms. The Balaban J connectivity index is 1.97. The molecular weight excluding hydrogens is 208 g/mol. The van der Waals surface area contributed by atoms with Gasteiger partial charge < -0.3 is 9.73 Å². The fourth-order valence-electron chi connectivity index (χ4n) is 1.16. The molecule has 16 heavy (non-hydrogen) atoms. The fraction of sp³-hybridized carbons (Fsp3) is 0.200. The molecule has 1 amide bonds. The van der Waals surface area contributed by atoms with Crippen LogP contribution in [0.4, 0.5) is 0 Å². The zero-order valence-corrected chi connectivity index (χ0v) is 8.67. The Morgan fingerprint density at radius 1 is 1.44 bits per heavy atom. The summed E-state index contributed by atoms with van der Waals surface area (Å²) in [6.45, 7) is 2.11. The van der Waals surface area contributed by atoms with Gasteiger partial charge in [-0.2, -0.15) is 0 Å². The van der Waals surface area contributed by atoms with Crippen LogP contribution in [-0.2, 0) is 6.54 Å². The average molecular weight is 218 g/mol. The normalized spacial score (nSPS) is 10.1. The average Bonchev–Trinajstić information content (AvgIpc) is 2.73. The summed E-state index contributed by atoms with van der Waals surface area (Å²) < 4.78 is 5.09. The van der Waals surface area contributed by atoms with Gasteiger partial charge in [0.25, 0.3) is 5.91 Å². The highest BCUT2D eigenvalue weighted by Crippen LogP contribution is 2.04. The van der Waals surface area contributed by atoms with Gasteiger partial charge in [0.15, 0.2) is 6.39 Å². The van der Waals surface area contributed by atoms with E-state index in [2.05, 4.69) is 20.3 Å². The van der Waals surface area contributed by atoms with Gasteiger partial charge in [-0.25, -0.2) is 9.97 Å². The highest BCUT2D eigenvalue weighted by Gasteiger charge is 2.09. The number of oxazole rings is 1. The van der Waals surface area contributed by atoms with E-state index in [1.54, 1.807) is 0 Å². The molecule has 0 aromatic carbocycles. The molecule has 0 aliphatic rings. The van der Waals surface area contributed by atoms with Gasteiger partial charge in [0.05, 0.1) is 18.4 Å². The number of hydrogen-bond donors (Lipinski definition) is 1. The lowest BCUT2D eigenvalue weighted by atomic mass is 10.3. The van der Waals surface area contributed by atoms with Gasteiger partial charge in [-0.05, 0) is 6.92 Å². The monoisotopic (exact) mass is 218 g/mol. The zero-order valence-electron chi connectivity index (χ0n) is 8.67. The summed E-state index contributed by atoms with van der Waals surface area (Å²) in [6, 6.07) is 0. The highest BCUT2D eigenvalue weighted by atomic mass is 16.3. The van der Waals surface area contributed by atoms with Crippen LogP contribution < -0.4 is 5.32 Å². The Morgan fingerprint density at radius 3 is 2.94 bits per heavy atom. The van der Waals surface area contributed by atoms with E-state index in [1.807, 2.05) is 6.92 Å². The first-order chi connectivity index (χ1) is 7.77. The van der Waals surface area contributed by atoms with E-state index in [9.17, 15) is 4.79 Å². The van der Waals surface area contributed by atoms with Gasteiger partial charge in [-0.3, -0.25) is 9.78 Å². The van der Waals surface area contributed by atoms with Crippen molar-refractivity contribution in [2.24, 2.45) is 0 Å². The van der Waals surface area contributed by atoms with E-state index in [1.165, 1.54) is 25.0 Å². The van der Waals surface area contributed by atoms with Gasteiger partial charge in [0.2, 0.25) is 0 Å². The van der Waals surface area contributed by atoms with E-state index >= 15 is 0 Å². The molecule has 0 bridgehead atoms. The number of aryl methyl sites for hydroxylation is 1. The smallest absolute Gasteiger partial charge is 0.271 e. The number of carbonyl (C=O) groups excluding carboxylic acids is 1. The first-order valence-corrected chi connectivity index (χ1v) is 4.70. The Kier molecular flexibility index (Phi) is 2.90. The van der Waals surface area contributed by atoms with Crippen molar-refractivity contribution in [3.05, 3.63) is 42.1 Å². The van der Waals surface area contributed by atoms with Crippen molar-refractivity contribution in [2.75, 3.05) is 0 Å². The molecule has 0 unspecified atom stereocenters. The molecular formula is C10H10N4O2. The van der Waals surface area contributed by atoms with Gasteiger partial charge in [-0.1, -0.05) is 0 Å². The molecule has 0 aliphatic heterocycles. The number of nitrogens with zero attached hydrogens (tertiary/aromatic N) is 3. The van der Waals surface area contributed by atoms with E-state index < -0.39 is 0 Å². The molecule has 0 spiro atoms. The lowest BCUT2D eigenvalue weighted by Gasteiger charge is -2.01. The van der Waals surface area contributed by atoms with Crippen LogP contribution in [0.3, 0.4) is 0 Å². The number of amides is 1. The standard InChI is InChI=1S/C10H10N4O2/c1-7-9(16-6-14-7)5-13-10(15)8-4-11-2-3-12-8/h2-4,6H,5H2,1H3,(H,13,15). The molecule has 6 nitrogen and oxygen atoms in total. The van der Waals surface area contributed by atoms with Crippen molar-refractivity contribution < 1.29 is 9.21 Å². The molecule has 82 valence electrons. The van der Waals surface area contributed by atoms with Crippen LogP contribution in [0.1, 0.15) is 21.9 Å². The number of aromatic nitrogens is 3. The molecule has 0 saturated carbocycles. The summed E-state index contributed by atoms with van der Waals surface area (Å²) in [5, 5.41) is 2.67. The molecule has 0 aliphatic carbocycles. The SMILES string of the molecule is Cc1ncoc1CNC(=O)c1cnccn1. The number of hydrogen-bond acceptors (Lipinski definition) is 5. The summed E-state index contributed by atoms with van der Waals surface area (Å²) >= 11 is 0. The minimum absolute atomic E-state index is 0.277. The van der Waals surface area contributed by atoms with Crippen LogP contribution in [0.2, 0.25) is 0 Å². The highest BCUT2D eigenvalue weighted by molar-refractivity contribution is 5.91. The molecule has 1 N–H and O–H groups in total. The quantitative estimate of drug-likeness (QED) is 0.820. The maximum Gasteiger partial charge on any atom is 0.271 e. The second-order valence-electron chi connectivity index (χ2n) is 3.13.